The molecular weight excluding hydrogens is 240 g/mol. The number of thioether (sulfide) groups is 1. The van der Waals surface area contributed by atoms with Gasteiger partial charge in [0.2, 0.25) is 0 Å². The van der Waals surface area contributed by atoms with Crippen molar-refractivity contribution in [2.24, 2.45) is 5.41 Å². The second kappa shape index (κ2) is 5.47. The Bertz CT molecular complexity index is 410. The maximum absolute atomic E-state index is 8.88. The Hall–Kier alpha value is -0.850. The zero-order chi connectivity index (χ0) is 12.2. The van der Waals surface area contributed by atoms with Crippen LogP contribution in [0.1, 0.15) is 20.3 Å². The van der Waals surface area contributed by atoms with Crippen LogP contribution in [0.2, 0.25) is 5.02 Å². The van der Waals surface area contributed by atoms with Crippen LogP contribution in [0.3, 0.4) is 0 Å². The van der Waals surface area contributed by atoms with E-state index in [0.29, 0.717) is 10.7 Å². The highest BCUT2D eigenvalue weighted by Gasteiger charge is 2.16. The van der Waals surface area contributed by atoms with Crippen LogP contribution in [0.15, 0.2) is 23.1 Å². The monoisotopic (exact) mass is 254 g/mol. The first kappa shape index (κ1) is 13.2. The van der Waals surface area contributed by atoms with Gasteiger partial charge in [0.05, 0.1) is 11.5 Å². The number of nitrogens with zero attached hydrogens (tertiary/aromatic N) is 1. The zero-order valence-corrected chi connectivity index (χ0v) is 11.0. The molecule has 0 aliphatic heterocycles. The molecule has 0 aliphatic rings. The lowest BCUT2D eigenvalue weighted by atomic mass is 9.93. The van der Waals surface area contributed by atoms with Gasteiger partial charge in [-0.1, -0.05) is 11.6 Å². The van der Waals surface area contributed by atoms with Crippen molar-refractivity contribution in [2.45, 2.75) is 25.2 Å². The van der Waals surface area contributed by atoms with E-state index in [2.05, 4.69) is 6.07 Å². The number of nitriles is 1. The van der Waals surface area contributed by atoms with Crippen LogP contribution in [0, 0.1) is 16.7 Å². The first-order valence-electron chi connectivity index (χ1n) is 5.04. The largest absolute Gasteiger partial charge is 0.398 e. The molecule has 1 aromatic carbocycles. The third-order valence-electron chi connectivity index (χ3n) is 2.26. The number of hydrogen-bond acceptors (Lipinski definition) is 3. The van der Waals surface area contributed by atoms with Crippen molar-refractivity contribution in [3.63, 3.8) is 0 Å². The summed E-state index contributed by atoms with van der Waals surface area (Å²) in [5, 5.41) is 9.53. The van der Waals surface area contributed by atoms with Crippen molar-refractivity contribution in [1.29, 1.82) is 5.26 Å². The van der Waals surface area contributed by atoms with Gasteiger partial charge in [0.15, 0.2) is 0 Å². The van der Waals surface area contributed by atoms with Gasteiger partial charge in [-0.05, 0) is 44.2 Å². The molecule has 0 bridgehead atoms. The van der Waals surface area contributed by atoms with Gasteiger partial charge in [0, 0.05) is 15.6 Å². The first-order chi connectivity index (χ1) is 7.44. The van der Waals surface area contributed by atoms with Gasteiger partial charge in [-0.2, -0.15) is 5.26 Å². The minimum atomic E-state index is -0.270. The fourth-order valence-corrected chi connectivity index (χ4v) is 2.53. The van der Waals surface area contributed by atoms with E-state index in [4.69, 9.17) is 22.6 Å². The second-order valence-corrected chi connectivity index (χ2v) is 5.85. The summed E-state index contributed by atoms with van der Waals surface area (Å²) >= 11 is 7.48. The molecule has 0 saturated carbocycles. The van der Waals surface area contributed by atoms with Gasteiger partial charge in [0.25, 0.3) is 0 Å². The highest BCUT2D eigenvalue weighted by Crippen LogP contribution is 2.30. The predicted molar refractivity (Wildman–Crippen MR) is 70.6 cm³/mol. The molecule has 0 amide bonds. The van der Waals surface area contributed by atoms with Crippen LogP contribution in [0.4, 0.5) is 5.69 Å². The molecule has 0 unspecified atom stereocenters. The van der Waals surface area contributed by atoms with Gasteiger partial charge in [-0.25, -0.2) is 0 Å². The molecule has 2 N–H and O–H groups in total. The average molecular weight is 255 g/mol. The lowest BCUT2D eigenvalue weighted by Gasteiger charge is -2.14. The van der Waals surface area contributed by atoms with Crippen molar-refractivity contribution in [3.8, 4) is 6.07 Å². The van der Waals surface area contributed by atoms with E-state index < -0.39 is 0 Å². The van der Waals surface area contributed by atoms with Crippen molar-refractivity contribution in [2.75, 3.05) is 11.5 Å². The summed E-state index contributed by atoms with van der Waals surface area (Å²) < 4.78 is 0. The maximum atomic E-state index is 8.88. The third kappa shape index (κ3) is 3.96. The molecule has 86 valence electrons. The van der Waals surface area contributed by atoms with Crippen LogP contribution in [0.5, 0.6) is 0 Å². The van der Waals surface area contributed by atoms with Crippen LogP contribution in [0.25, 0.3) is 0 Å². The summed E-state index contributed by atoms with van der Waals surface area (Å²) in [4.78, 5) is 1.03. The van der Waals surface area contributed by atoms with Crippen LogP contribution >= 0.6 is 23.4 Å². The second-order valence-electron chi connectivity index (χ2n) is 4.28. The molecule has 1 rings (SSSR count). The van der Waals surface area contributed by atoms with Gasteiger partial charge >= 0.3 is 0 Å². The Balaban J connectivity index is 2.53. The molecule has 0 saturated heterocycles. The maximum Gasteiger partial charge on any atom is 0.0684 e. The summed E-state index contributed by atoms with van der Waals surface area (Å²) in [6.45, 7) is 3.89. The van der Waals surface area contributed by atoms with E-state index in [0.717, 1.165) is 17.1 Å². The number of nitrogen functional groups attached to an aromatic ring is 1. The number of nitrogens with two attached hydrogens (primary N) is 1. The molecule has 0 radical (unpaired) electrons. The molecule has 0 spiro atoms. The Morgan fingerprint density at radius 1 is 1.50 bits per heavy atom. The summed E-state index contributed by atoms with van der Waals surface area (Å²) in [7, 11) is 0. The Labute approximate surface area is 106 Å². The predicted octanol–water partition coefficient (Wildman–Crippen LogP) is 3.95. The van der Waals surface area contributed by atoms with Gasteiger partial charge < -0.3 is 5.73 Å². The van der Waals surface area contributed by atoms with E-state index >= 15 is 0 Å². The Morgan fingerprint density at radius 2 is 2.19 bits per heavy atom. The molecule has 0 fully saturated rings. The molecule has 4 heteroatoms. The van der Waals surface area contributed by atoms with E-state index in [9.17, 15) is 0 Å². The van der Waals surface area contributed by atoms with E-state index in [1.54, 1.807) is 17.8 Å². The van der Waals surface area contributed by atoms with Gasteiger partial charge in [-0.15, -0.1) is 11.8 Å². The molecule has 0 atom stereocenters. The van der Waals surface area contributed by atoms with Crippen molar-refractivity contribution in [3.05, 3.63) is 23.2 Å². The summed E-state index contributed by atoms with van der Waals surface area (Å²) in [6, 6.07) is 7.78. The fourth-order valence-electron chi connectivity index (χ4n) is 1.12. The van der Waals surface area contributed by atoms with Crippen molar-refractivity contribution >= 4 is 29.1 Å². The van der Waals surface area contributed by atoms with E-state index in [1.807, 2.05) is 26.0 Å². The quantitative estimate of drug-likeness (QED) is 0.654. The molecule has 0 aromatic heterocycles. The highest BCUT2D eigenvalue weighted by molar-refractivity contribution is 7.99. The number of rotatable bonds is 4. The number of anilines is 1. The highest BCUT2D eigenvalue weighted by atomic mass is 35.5. The third-order valence-corrected chi connectivity index (χ3v) is 3.59. The first-order valence-corrected chi connectivity index (χ1v) is 6.40. The molecule has 1 aromatic rings. The van der Waals surface area contributed by atoms with Crippen LogP contribution in [-0.2, 0) is 0 Å². The molecular formula is C12H15ClN2S. The number of halogens is 1. The lowest BCUT2D eigenvalue weighted by Crippen LogP contribution is -2.08. The zero-order valence-electron chi connectivity index (χ0n) is 9.46. The van der Waals surface area contributed by atoms with Crippen molar-refractivity contribution in [1.82, 2.24) is 0 Å². The van der Waals surface area contributed by atoms with Gasteiger partial charge in [-0.3, -0.25) is 0 Å². The molecule has 0 heterocycles. The molecule has 16 heavy (non-hydrogen) atoms. The molecule has 2 nitrogen and oxygen atoms in total. The number of benzene rings is 1. The molecule has 0 aliphatic carbocycles. The van der Waals surface area contributed by atoms with Crippen LogP contribution < -0.4 is 5.73 Å². The average Bonchev–Trinajstić information content (AvgIpc) is 2.21. The Morgan fingerprint density at radius 3 is 2.75 bits per heavy atom. The normalized spacial score (nSPS) is 11.1. The van der Waals surface area contributed by atoms with Crippen LogP contribution in [-0.4, -0.2) is 5.75 Å². The summed E-state index contributed by atoms with van der Waals surface area (Å²) in [5.41, 5.74) is 6.26. The minimum Gasteiger partial charge on any atom is -0.398 e. The lowest BCUT2D eigenvalue weighted by molar-refractivity contribution is 0.482. The summed E-state index contributed by atoms with van der Waals surface area (Å²) in [6.07, 6.45) is 0.843. The van der Waals surface area contributed by atoms with E-state index in [1.165, 1.54) is 0 Å². The van der Waals surface area contributed by atoms with Gasteiger partial charge in [0.1, 0.15) is 0 Å². The smallest absolute Gasteiger partial charge is 0.0684 e. The standard InChI is InChI=1S/C12H15ClN2S/c1-12(2,8-14)5-6-16-11-4-3-9(13)7-10(11)15/h3-4,7H,5-6,15H2,1-2H3. The topological polar surface area (TPSA) is 49.8 Å². The van der Waals surface area contributed by atoms with E-state index in [-0.39, 0.29) is 5.41 Å². The number of hydrogen-bond donors (Lipinski definition) is 1. The SMILES string of the molecule is CC(C)(C#N)CCSc1ccc(Cl)cc1N. The Kier molecular flexibility index (Phi) is 4.52. The van der Waals surface area contributed by atoms with Crippen molar-refractivity contribution < 1.29 is 0 Å². The summed E-state index contributed by atoms with van der Waals surface area (Å²) in [5.74, 6) is 0.881. The minimum absolute atomic E-state index is 0.270. The fraction of sp³-hybridized carbons (Fsp3) is 0.417.